The van der Waals surface area contributed by atoms with Crippen LogP contribution in [0.2, 0.25) is 0 Å². The average Bonchev–Trinajstić information content (AvgIpc) is 2.62. The summed E-state index contributed by atoms with van der Waals surface area (Å²) >= 11 is 0. The van der Waals surface area contributed by atoms with E-state index in [0.717, 1.165) is 13.1 Å². The van der Waals surface area contributed by atoms with Gasteiger partial charge in [0.15, 0.2) is 0 Å². The number of nitrogens with zero attached hydrogens (tertiary/aromatic N) is 3. The molecule has 0 bridgehead atoms. The molecule has 1 fully saturated rings. The van der Waals surface area contributed by atoms with Crippen LogP contribution in [0.1, 0.15) is 38.6 Å². The zero-order chi connectivity index (χ0) is 11.7. The summed E-state index contributed by atoms with van der Waals surface area (Å²) < 4.78 is 11.2. The summed E-state index contributed by atoms with van der Waals surface area (Å²) in [5.74, 6) is 1.31. The summed E-state index contributed by atoms with van der Waals surface area (Å²) in [4.78, 5) is 2.33. The van der Waals surface area contributed by atoms with Crippen LogP contribution in [-0.4, -0.2) is 40.4 Å². The van der Waals surface area contributed by atoms with Crippen molar-refractivity contribution >= 4 is 0 Å². The number of hydrogen-bond acceptors (Lipinski definition) is 5. The van der Waals surface area contributed by atoms with Gasteiger partial charge >= 0.3 is 0 Å². The Bertz CT molecular complexity index is 343. The molecule has 5 heteroatoms. The maximum absolute atomic E-state index is 5.70. The zero-order valence-electron chi connectivity index (χ0n) is 10.3. The summed E-state index contributed by atoms with van der Waals surface area (Å²) in [6.45, 7) is 9.91. The fourth-order valence-electron chi connectivity index (χ4n) is 2.17. The lowest BCUT2D eigenvalue weighted by molar-refractivity contribution is -0.0814. The second-order valence-electron chi connectivity index (χ2n) is 4.55. The highest BCUT2D eigenvalue weighted by Crippen LogP contribution is 2.23. The van der Waals surface area contributed by atoms with Gasteiger partial charge in [0, 0.05) is 20.0 Å². The maximum Gasteiger partial charge on any atom is 0.233 e. The molecule has 1 saturated heterocycles. The molecular weight excluding hydrogens is 206 g/mol. The lowest BCUT2D eigenvalue weighted by atomic mass is 10.2. The van der Waals surface area contributed by atoms with Crippen LogP contribution in [0.3, 0.4) is 0 Å². The fraction of sp³-hybridized carbons (Fsp3) is 0.818. The van der Waals surface area contributed by atoms with Crippen LogP contribution in [0.4, 0.5) is 0 Å². The molecule has 5 nitrogen and oxygen atoms in total. The molecule has 3 atom stereocenters. The first-order chi connectivity index (χ1) is 7.56. The third-order valence-electron chi connectivity index (χ3n) is 2.89. The lowest BCUT2D eigenvalue weighted by Crippen LogP contribution is -2.46. The minimum absolute atomic E-state index is 0.162. The van der Waals surface area contributed by atoms with E-state index in [4.69, 9.17) is 9.15 Å². The third-order valence-corrected chi connectivity index (χ3v) is 2.89. The summed E-state index contributed by atoms with van der Waals surface area (Å²) in [6, 6.07) is 0.162. The first kappa shape index (κ1) is 11.5. The quantitative estimate of drug-likeness (QED) is 0.764. The van der Waals surface area contributed by atoms with Crippen molar-refractivity contribution in [1.82, 2.24) is 15.1 Å². The molecule has 2 heterocycles. The van der Waals surface area contributed by atoms with Crippen molar-refractivity contribution in [3.63, 3.8) is 0 Å². The number of ether oxygens (including phenoxy) is 1. The molecule has 0 radical (unpaired) electrons. The topological polar surface area (TPSA) is 51.4 Å². The molecule has 0 N–H and O–H groups in total. The number of aryl methyl sites for hydroxylation is 1. The Hall–Kier alpha value is -0.940. The third kappa shape index (κ3) is 2.41. The molecule has 0 aliphatic carbocycles. The van der Waals surface area contributed by atoms with Crippen molar-refractivity contribution in [1.29, 1.82) is 0 Å². The van der Waals surface area contributed by atoms with Crippen molar-refractivity contribution < 1.29 is 9.15 Å². The van der Waals surface area contributed by atoms with E-state index in [1.54, 1.807) is 0 Å². The average molecular weight is 225 g/mol. The molecule has 0 amide bonds. The van der Waals surface area contributed by atoms with E-state index in [2.05, 4.69) is 35.9 Å². The second-order valence-corrected chi connectivity index (χ2v) is 4.55. The van der Waals surface area contributed by atoms with Gasteiger partial charge in [0.05, 0.1) is 18.2 Å². The molecular formula is C11H19N3O2. The zero-order valence-corrected chi connectivity index (χ0v) is 10.3. The Kier molecular flexibility index (Phi) is 3.25. The Balaban J connectivity index is 2.06. The fourth-order valence-corrected chi connectivity index (χ4v) is 2.17. The highest BCUT2D eigenvalue weighted by atomic mass is 16.5. The molecule has 2 rings (SSSR count). The predicted octanol–water partition coefficient (Wildman–Crippen LogP) is 1.55. The molecule has 0 saturated carbocycles. The first-order valence-corrected chi connectivity index (χ1v) is 5.75. The highest BCUT2D eigenvalue weighted by molar-refractivity contribution is 4.90. The van der Waals surface area contributed by atoms with Gasteiger partial charge in [0.25, 0.3) is 0 Å². The lowest BCUT2D eigenvalue weighted by Gasteiger charge is -2.37. The Labute approximate surface area is 95.8 Å². The number of morpholine rings is 1. The van der Waals surface area contributed by atoms with Crippen LogP contribution in [0.5, 0.6) is 0 Å². The van der Waals surface area contributed by atoms with E-state index < -0.39 is 0 Å². The van der Waals surface area contributed by atoms with Gasteiger partial charge in [-0.05, 0) is 20.8 Å². The molecule has 0 spiro atoms. The van der Waals surface area contributed by atoms with Crippen LogP contribution in [0.25, 0.3) is 0 Å². The van der Waals surface area contributed by atoms with E-state index in [1.165, 1.54) is 0 Å². The van der Waals surface area contributed by atoms with Crippen molar-refractivity contribution in [2.24, 2.45) is 0 Å². The number of hydrogen-bond donors (Lipinski definition) is 0. The summed E-state index contributed by atoms with van der Waals surface area (Å²) in [5, 5.41) is 7.94. The molecule has 16 heavy (non-hydrogen) atoms. The monoisotopic (exact) mass is 225 g/mol. The van der Waals surface area contributed by atoms with Gasteiger partial charge in [-0.25, -0.2) is 0 Å². The smallest absolute Gasteiger partial charge is 0.233 e. The van der Waals surface area contributed by atoms with Crippen LogP contribution in [-0.2, 0) is 4.74 Å². The molecule has 1 aliphatic heterocycles. The van der Waals surface area contributed by atoms with E-state index in [-0.39, 0.29) is 18.2 Å². The van der Waals surface area contributed by atoms with Gasteiger partial charge in [-0.1, -0.05) is 0 Å². The maximum atomic E-state index is 5.70. The molecule has 0 aromatic carbocycles. The number of rotatable bonds is 2. The number of aromatic nitrogens is 2. The van der Waals surface area contributed by atoms with Gasteiger partial charge < -0.3 is 9.15 Å². The molecule has 90 valence electrons. The Morgan fingerprint density at radius 2 is 1.88 bits per heavy atom. The standard InChI is InChI=1S/C11H19N3O2/c1-7-5-14(6-8(2)15-7)9(3)11-13-12-10(4)16-11/h7-9H,5-6H2,1-4H3/t7-,8-,9+/m1/s1. The highest BCUT2D eigenvalue weighted by Gasteiger charge is 2.28. The Morgan fingerprint density at radius 3 is 2.38 bits per heavy atom. The van der Waals surface area contributed by atoms with Gasteiger partial charge in [-0.2, -0.15) is 0 Å². The summed E-state index contributed by atoms with van der Waals surface area (Å²) in [7, 11) is 0. The van der Waals surface area contributed by atoms with Gasteiger partial charge in [0.1, 0.15) is 0 Å². The van der Waals surface area contributed by atoms with Gasteiger partial charge in [-0.15, -0.1) is 10.2 Å². The summed E-state index contributed by atoms with van der Waals surface area (Å²) in [6.07, 6.45) is 0.519. The van der Waals surface area contributed by atoms with Gasteiger partial charge in [-0.3, -0.25) is 4.90 Å². The normalized spacial score (nSPS) is 29.2. The van der Waals surface area contributed by atoms with Crippen molar-refractivity contribution in [3.8, 4) is 0 Å². The molecule has 1 aromatic heterocycles. The van der Waals surface area contributed by atoms with Gasteiger partial charge in [0.2, 0.25) is 11.8 Å². The minimum atomic E-state index is 0.162. The predicted molar refractivity (Wildman–Crippen MR) is 59.0 cm³/mol. The van der Waals surface area contributed by atoms with E-state index in [0.29, 0.717) is 11.8 Å². The van der Waals surface area contributed by atoms with E-state index >= 15 is 0 Å². The van der Waals surface area contributed by atoms with Crippen LogP contribution in [0, 0.1) is 6.92 Å². The first-order valence-electron chi connectivity index (χ1n) is 5.75. The molecule has 0 unspecified atom stereocenters. The van der Waals surface area contributed by atoms with Crippen LogP contribution >= 0.6 is 0 Å². The summed E-state index contributed by atoms with van der Waals surface area (Å²) in [5.41, 5.74) is 0. The van der Waals surface area contributed by atoms with Crippen LogP contribution in [0.15, 0.2) is 4.42 Å². The SMILES string of the molecule is Cc1nnc([C@H](C)N2C[C@@H](C)O[C@H](C)C2)o1. The molecule has 1 aromatic rings. The van der Waals surface area contributed by atoms with Crippen molar-refractivity contribution in [2.75, 3.05) is 13.1 Å². The van der Waals surface area contributed by atoms with Crippen molar-refractivity contribution in [2.45, 2.75) is 45.9 Å². The van der Waals surface area contributed by atoms with Crippen LogP contribution < -0.4 is 0 Å². The second kappa shape index (κ2) is 4.51. The minimum Gasteiger partial charge on any atom is -0.424 e. The Morgan fingerprint density at radius 1 is 1.25 bits per heavy atom. The van der Waals surface area contributed by atoms with E-state index in [9.17, 15) is 0 Å². The van der Waals surface area contributed by atoms with Crippen molar-refractivity contribution in [3.05, 3.63) is 11.8 Å². The molecule has 1 aliphatic rings. The van der Waals surface area contributed by atoms with E-state index in [1.807, 2.05) is 6.92 Å². The largest absolute Gasteiger partial charge is 0.424 e.